The summed E-state index contributed by atoms with van der Waals surface area (Å²) in [6.45, 7) is 2.63. The molecule has 6 rings (SSSR count). The lowest BCUT2D eigenvalue weighted by atomic mass is 9.56. The fraction of sp³-hybridized carbons (Fsp3) is 0.414. The van der Waals surface area contributed by atoms with Crippen LogP contribution in [0.25, 0.3) is 0 Å². The molecule has 3 aliphatic rings. The van der Waals surface area contributed by atoms with Crippen molar-refractivity contribution < 1.29 is 4.39 Å². The second-order valence-electron chi connectivity index (χ2n) is 10.2. The van der Waals surface area contributed by atoms with Crippen LogP contribution in [0.15, 0.2) is 66.7 Å². The highest BCUT2D eigenvalue weighted by molar-refractivity contribution is 6.29. The summed E-state index contributed by atoms with van der Waals surface area (Å²) in [6, 6.07) is 22.1. The summed E-state index contributed by atoms with van der Waals surface area (Å²) in [7, 11) is 0. The zero-order valence-corrected chi connectivity index (χ0v) is 20.1. The maximum absolute atomic E-state index is 14.0. The molecule has 0 saturated carbocycles. The second kappa shape index (κ2) is 8.75. The summed E-state index contributed by atoms with van der Waals surface area (Å²) in [5.74, 6) is 0.488. The van der Waals surface area contributed by atoms with E-state index in [2.05, 4.69) is 41.7 Å². The van der Waals surface area contributed by atoms with Crippen molar-refractivity contribution in [2.45, 2.75) is 49.0 Å². The highest BCUT2D eigenvalue weighted by Crippen LogP contribution is 2.55. The van der Waals surface area contributed by atoms with E-state index in [1.165, 1.54) is 11.1 Å². The molecule has 3 aromatic rings. The van der Waals surface area contributed by atoms with Crippen molar-refractivity contribution in [3.8, 4) is 0 Å². The Balaban J connectivity index is 1.50. The highest BCUT2D eigenvalue weighted by atomic mass is 35.5. The third-order valence-electron chi connectivity index (χ3n) is 8.59. The fourth-order valence-electron chi connectivity index (χ4n) is 7.13. The van der Waals surface area contributed by atoms with Gasteiger partial charge in [-0.15, -0.1) is 0 Å². The van der Waals surface area contributed by atoms with Crippen LogP contribution in [0, 0.1) is 11.7 Å². The number of fused-ring (bicyclic) bond motifs is 2. The average molecular weight is 475 g/mol. The molecule has 1 radical (unpaired) electrons. The van der Waals surface area contributed by atoms with E-state index in [1.807, 2.05) is 18.2 Å². The lowest BCUT2D eigenvalue weighted by Crippen LogP contribution is -2.56. The van der Waals surface area contributed by atoms with Gasteiger partial charge in [-0.1, -0.05) is 60.1 Å². The Labute approximate surface area is 206 Å². The Morgan fingerprint density at radius 2 is 1.82 bits per heavy atom. The van der Waals surface area contributed by atoms with Crippen molar-refractivity contribution in [2.75, 3.05) is 19.6 Å². The largest absolute Gasteiger partial charge is 0.315 e. The van der Waals surface area contributed by atoms with Gasteiger partial charge in [0.25, 0.3) is 0 Å². The summed E-state index contributed by atoms with van der Waals surface area (Å²) in [5, 5.41) is 9.77. The summed E-state index contributed by atoms with van der Waals surface area (Å²) < 4.78 is 14.0. The quantitative estimate of drug-likeness (QED) is 0.491. The van der Waals surface area contributed by atoms with Crippen LogP contribution < -0.4 is 10.6 Å². The molecule has 2 saturated heterocycles. The van der Waals surface area contributed by atoms with Gasteiger partial charge >= 0.3 is 0 Å². The summed E-state index contributed by atoms with van der Waals surface area (Å²) in [4.78, 5) is 4.74. The van der Waals surface area contributed by atoms with E-state index in [1.54, 1.807) is 12.1 Å². The minimum Gasteiger partial charge on any atom is -0.315 e. The molecule has 0 bridgehead atoms. The molecule has 2 fully saturated rings. The van der Waals surface area contributed by atoms with Crippen LogP contribution in [0.2, 0.25) is 5.15 Å². The van der Waals surface area contributed by atoms with Crippen molar-refractivity contribution in [1.29, 1.82) is 0 Å². The number of halogens is 2. The van der Waals surface area contributed by atoms with Crippen LogP contribution in [-0.4, -0.2) is 24.6 Å². The Kier molecular flexibility index (Phi) is 5.71. The molecule has 1 aliphatic carbocycles. The number of piperidine rings is 1. The smallest absolute Gasteiger partial charge is 0.129 e. The Morgan fingerprint density at radius 3 is 2.65 bits per heavy atom. The lowest BCUT2D eigenvalue weighted by molar-refractivity contribution is 0.0932. The topological polar surface area (TPSA) is 39.0 Å². The Hall–Kier alpha value is -2.27. The number of nitrogens with one attached hydrogen (secondary N) is 1. The number of pyridine rings is 1. The molecule has 1 N–H and O–H groups in total. The average Bonchev–Trinajstić information content (AvgIpc) is 3.29. The number of rotatable bonds is 3. The minimum atomic E-state index is -0.385. The third-order valence-corrected chi connectivity index (χ3v) is 8.80. The maximum Gasteiger partial charge on any atom is 0.129 e. The number of hydrogen-bond donors (Lipinski definition) is 1. The predicted octanol–water partition coefficient (Wildman–Crippen LogP) is 5.75. The third kappa shape index (κ3) is 3.59. The van der Waals surface area contributed by atoms with Gasteiger partial charge < -0.3 is 5.32 Å². The normalized spacial score (nSPS) is 30.9. The van der Waals surface area contributed by atoms with Gasteiger partial charge in [-0.2, -0.15) is 0 Å². The van der Waals surface area contributed by atoms with Crippen LogP contribution in [0.4, 0.5) is 4.39 Å². The van der Waals surface area contributed by atoms with Gasteiger partial charge in [0.1, 0.15) is 11.0 Å². The molecule has 1 aromatic heterocycles. The van der Waals surface area contributed by atoms with Crippen molar-refractivity contribution in [1.82, 2.24) is 15.6 Å². The van der Waals surface area contributed by atoms with E-state index < -0.39 is 0 Å². The summed E-state index contributed by atoms with van der Waals surface area (Å²) in [6.07, 6.45) is 5.16. The SMILES string of the molecule is Fc1ccc(C2([C@@H]3CNCC34CCCc3nc(Cl)ccc34)CC(c3ccccc3)CC[N]2)cc1. The maximum atomic E-state index is 14.0. The van der Waals surface area contributed by atoms with Crippen LogP contribution in [0.1, 0.15) is 54.0 Å². The monoisotopic (exact) mass is 474 g/mol. The molecule has 175 valence electrons. The number of nitrogens with zero attached hydrogens (tertiary/aromatic N) is 2. The molecular weight excluding hydrogens is 445 g/mol. The molecule has 2 aromatic carbocycles. The number of benzene rings is 2. The van der Waals surface area contributed by atoms with Gasteiger partial charge in [0.05, 0.1) is 5.54 Å². The van der Waals surface area contributed by atoms with E-state index in [4.69, 9.17) is 21.9 Å². The van der Waals surface area contributed by atoms with E-state index in [0.717, 1.165) is 63.0 Å². The first kappa shape index (κ1) is 22.2. The molecule has 5 heteroatoms. The number of aromatic nitrogens is 1. The van der Waals surface area contributed by atoms with Crippen molar-refractivity contribution in [3.05, 3.63) is 100 Å². The first-order valence-corrected chi connectivity index (χ1v) is 12.8. The van der Waals surface area contributed by atoms with Gasteiger partial charge in [0.15, 0.2) is 0 Å². The van der Waals surface area contributed by atoms with Gasteiger partial charge in [-0.05, 0) is 72.9 Å². The van der Waals surface area contributed by atoms with E-state index in [9.17, 15) is 4.39 Å². The van der Waals surface area contributed by atoms with Crippen molar-refractivity contribution in [2.24, 2.45) is 5.92 Å². The molecule has 3 nitrogen and oxygen atoms in total. The number of hydrogen-bond acceptors (Lipinski definition) is 2. The first-order valence-electron chi connectivity index (χ1n) is 12.5. The minimum absolute atomic E-state index is 0.0539. The summed E-state index contributed by atoms with van der Waals surface area (Å²) >= 11 is 6.30. The zero-order valence-electron chi connectivity index (χ0n) is 19.3. The Morgan fingerprint density at radius 1 is 1.00 bits per heavy atom. The number of aryl methyl sites for hydroxylation is 1. The standard InChI is InChI=1S/C29H30ClFN3/c30-27-13-12-24-25(34-27)7-4-15-28(24)19-32-18-26(28)29(22-8-10-23(31)11-9-22)17-21(14-16-33-29)20-5-2-1-3-6-20/h1-3,5-6,8-13,21,26,32H,4,7,14-19H2/t21?,26-,28?,29?/m1/s1. The van der Waals surface area contributed by atoms with E-state index in [-0.39, 0.29) is 22.7 Å². The lowest BCUT2D eigenvalue weighted by Gasteiger charge is -2.52. The highest BCUT2D eigenvalue weighted by Gasteiger charge is 2.58. The van der Waals surface area contributed by atoms with Gasteiger partial charge in [-0.25, -0.2) is 14.7 Å². The Bertz CT molecular complexity index is 1170. The van der Waals surface area contributed by atoms with Crippen LogP contribution >= 0.6 is 11.6 Å². The molecule has 3 unspecified atom stereocenters. The predicted molar refractivity (Wildman–Crippen MR) is 134 cm³/mol. The summed E-state index contributed by atoms with van der Waals surface area (Å²) in [5.41, 5.74) is 4.54. The molecular formula is C29H30ClFN3. The van der Waals surface area contributed by atoms with Gasteiger partial charge in [-0.3, -0.25) is 0 Å². The molecule has 1 spiro atoms. The molecule has 3 heterocycles. The first-order chi connectivity index (χ1) is 16.6. The molecule has 0 amide bonds. The van der Waals surface area contributed by atoms with Crippen molar-refractivity contribution >= 4 is 11.6 Å². The molecule has 4 atom stereocenters. The van der Waals surface area contributed by atoms with Crippen LogP contribution in [0.5, 0.6) is 0 Å². The van der Waals surface area contributed by atoms with E-state index >= 15 is 0 Å². The fourth-order valence-corrected chi connectivity index (χ4v) is 7.29. The van der Waals surface area contributed by atoms with Crippen molar-refractivity contribution in [3.63, 3.8) is 0 Å². The molecule has 2 aliphatic heterocycles. The molecule has 34 heavy (non-hydrogen) atoms. The van der Waals surface area contributed by atoms with Crippen LogP contribution in [0.3, 0.4) is 0 Å². The van der Waals surface area contributed by atoms with Crippen LogP contribution in [-0.2, 0) is 17.4 Å². The van der Waals surface area contributed by atoms with E-state index in [0.29, 0.717) is 11.1 Å². The van der Waals surface area contributed by atoms with Gasteiger partial charge in [0.2, 0.25) is 0 Å². The zero-order chi connectivity index (χ0) is 23.2. The van der Waals surface area contributed by atoms with Gasteiger partial charge in [0, 0.05) is 36.7 Å². The second-order valence-corrected chi connectivity index (χ2v) is 10.6.